The van der Waals surface area contributed by atoms with Crippen molar-refractivity contribution in [2.75, 3.05) is 13.2 Å². The van der Waals surface area contributed by atoms with E-state index in [9.17, 15) is 9.59 Å². The minimum Gasteiger partial charge on any atom is -0.463 e. The van der Waals surface area contributed by atoms with Crippen molar-refractivity contribution >= 4 is 11.9 Å². The molecule has 0 spiro atoms. The predicted molar refractivity (Wildman–Crippen MR) is 211 cm³/mol. The molecule has 4 nitrogen and oxygen atoms in total. The van der Waals surface area contributed by atoms with E-state index in [-0.39, 0.29) is 11.9 Å². The fourth-order valence-corrected chi connectivity index (χ4v) is 6.01. The van der Waals surface area contributed by atoms with E-state index in [1.54, 1.807) is 12.2 Å². The number of unbranched alkanes of at least 4 members (excludes halogenated alkanes) is 30. The van der Waals surface area contributed by atoms with Gasteiger partial charge in [0.05, 0.1) is 13.2 Å². The number of ether oxygens (including phenoxy) is 2. The molecule has 0 rings (SSSR count). The molecule has 0 unspecified atom stereocenters. The van der Waals surface area contributed by atoms with E-state index in [4.69, 9.17) is 9.47 Å². The quantitative estimate of drug-likeness (QED) is 0.0376. The summed E-state index contributed by atoms with van der Waals surface area (Å²) in [6.07, 6.45) is 50.1. The molecule has 0 aliphatic rings. The molecule has 0 atom stereocenters. The van der Waals surface area contributed by atoms with Crippen molar-refractivity contribution in [2.45, 2.75) is 233 Å². The summed E-state index contributed by atoms with van der Waals surface area (Å²) < 4.78 is 10.2. The molecule has 0 aromatic heterocycles. The first kappa shape index (κ1) is 48.5. The van der Waals surface area contributed by atoms with E-state index < -0.39 is 0 Å². The van der Waals surface area contributed by atoms with E-state index in [0.29, 0.717) is 13.2 Å². The van der Waals surface area contributed by atoms with Gasteiger partial charge in [-0.05, 0) is 26.7 Å². The number of carbonyl (C=O) groups excluding carboxylic acids is 2. The van der Waals surface area contributed by atoms with Crippen LogP contribution < -0.4 is 0 Å². The summed E-state index contributed by atoms with van der Waals surface area (Å²) in [7, 11) is 0. The van der Waals surface area contributed by atoms with Gasteiger partial charge in [-0.3, -0.25) is 0 Å². The summed E-state index contributed by atoms with van der Waals surface area (Å²) in [6.45, 7) is 9.36. The van der Waals surface area contributed by atoms with Crippen LogP contribution in [0.25, 0.3) is 0 Å². The molecule has 4 heteroatoms. The molecule has 0 aromatic rings. The van der Waals surface area contributed by atoms with Gasteiger partial charge in [-0.15, -0.1) is 0 Å². The molecule has 0 bridgehead atoms. The smallest absolute Gasteiger partial charge is 0.330 e. The molecule has 0 amide bonds. The highest BCUT2D eigenvalue weighted by atomic mass is 16.5. The van der Waals surface area contributed by atoms with Crippen LogP contribution in [-0.4, -0.2) is 25.2 Å². The first-order valence-electron chi connectivity index (χ1n) is 21.2. The highest BCUT2D eigenvalue weighted by molar-refractivity contribution is 5.82. The van der Waals surface area contributed by atoms with Gasteiger partial charge < -0.3 is 9.47 Å². The van der Waals surface area contributed by atoms with Gasteiger partial charge in [0.25, 0.3) is 0 Å². The van der Waals surface area contributed by atoms with Crippen molar-refractivity contribution in [3.05, 3.63) is 24.3 Å². The van der Waals surface area contributed by atoms with Gasteiger partial charge in [-0.1, -0.05) is 219 Å². The number of allylic oxidation sites excluding steroid dienone is 2. The maximum Gasteiger partial charge on any atom is 0.330 e. The second kappa shape index (κ2) is 45.4. The van der Waals surface area contributed by atoms with E-state index in [0.717, 1.165) is 12.8 Å². The molecule has 0 fully saturated rings. The average Bonchev–Trinajstić information content (AvgIpc) is 3.08. The van der Waals surface area contributed by atoms with Crippen molar-refractivity contribution in [3.63, 3.8) is 0 Å². The Labute approximate surface area is 301 Å². The van der Waals surface area contributed by atoms with Crippen LogP contribution in [0.4, 0.5) is 0 Å². The Balaban J connectivity index is 0. The number of esters is 2. The van der Waals surface area contributed by atoms with Crippen molar-refractivity contribution in [1.82, 2.24) is 0 Å². The lowest BCUT2D eigenvalue weighted by molar-refractivity contribution is -0.138. The van der Waals surface area contributed by atoms with Gasteiger partial charge in [0, 0.05) is 12.2 Å². The number of hydrogen-bond acceptors (Lipinski definition) is 4. The van der Waals surface area contributed by atoms with E-state index >= 15 is 0 Å². The summed E-state index contributed by atoms with van der Waals surface area (Å²) >= 11 is 0. The predicted octanol–water partition coefficient (Wildman–Crippen LogP) is 14.7. The lowest BCUT2D eigenvalue weighted by Crippen LogP contribution is -2.01. The van der Waals surface area contributed by atoms with Crippen molar-refractivity contribution in [3.8, 4) is 0 Å². The van der Waals surface area contributed by atoms with E-state index in [1.807, 2.05) is 13.8 Å². The molecule has 48 heavy (non-hydrogen) atoms. The van der Waals surface area contributed by atoms with Crippen LogP contribution in [-0.2, 0) is 19.1 Å². The summed E-state index contributed by atoms with van der Waals surface area (Å²) in [6, 6.07) is 0. The Hall–Kier alpha value is -1.58. The van der Waals surface area contributed by atoms with E-state index in [1.165, 1.54) is 205 Å². The molecule has 284 valence electrons. The van der Waals surface area contributed by atoms with Gasteiger partial charge in [0.2, 0.25) is 0 Å². The van der Waals surface area contributed by atoms with Crippen LogP contribution in [0.5, 0.6) is 0 Å². The monoisotopic (exact) mass is 677 g/mol. The van der Waals surface area contributed by atoms with Crippen LogP contribution in [0.15, 0.2) is 24.3 Å². The Bertz CT molecular complexity index is 625. The van der Waals surface area contributed by atoms with Gasteiger partial charge >= 0.3 is 11.9 Å². The third-order valence-electron chi connectivity index (χ3n) is 9.09. The zero-order valence-corrected chi connectivity index (χ0v) is 33.0. The lowest BCUT2D eigenvalue weighted by atomic mass is 10.0. The third kappa shape index (κ3) is 46.5. The molecular weight excluding hydrogens is 592 g/mol. The molecule has 0 heterocycles. The standard InChI is InChI=1S/2C22H42O2/c2*1-3-5-6-7-8-9-10-11-12-13-14-15-16-17-18-19-21-24-22(23)20-4-2/h2*4,20H,3,5-19,21H2,1-2H3/b2*20-4+. The maximum absolute atomic E-state index is 11.1. The summed E-state index contributed by atoms with van der Waals surface area (Å²) in [5, 5.41) is 0. The molecule has 0 saturated heterocycles. The van der Waals surface area contributed by atoms with Crippen LogP contribution >= 0.6 is 0 Å². The van der Waals surface area contributed by atoms with Gasteiger partial charge in [0.15, 0.2) is 0 Å². The fraction of sp³-hybridized carbons (Fsp3) is 0.864. The van der Waals surface area contributed by atoms with Crippen molar-refractivity contribution < 1.29 is 19.1 Å². The van der Waals surface area contributed by atoms with Crippen molar-refractivity contribution in [1.29, 1.82) is 0 Å². The Morgan fingerprint density at radius 1 is 0.333 bits per heavy atom. The number of hydrogen-bond donors (Lipinski definition) is 0. The topological polar surface area (TPSA) is 52.6 Å². The fourth-order valence-electron chi connectivity index (χ4n) is 6.01. The highest BCUT2D eigenvalue weighted by Crippen LogP contribution is 2.15. The molecular formula is C44H84O4. The average molecular weight is 677 g/mol. The number of carbonyl (C=O) groups is 2. The summed E-state index contributed by atoms with van der Waals surface area (Å²) in [5.41, 5.74) is 0. The van der Waals surface area contributed by atoms with Crippen LogP contribution in [0, 0.1) is 0 Å². The van der Waals surface area contributed by atoms with Gasteiger partial charge in [0.1, 0.15) is 0 Å². The van der Waals surface area contributed by atoms with Crippen LogP contribution in [0.3, 0.4) is 0 Å². The van der Waals surface area contributed by atoms with Crippen LogP contribution in [0.1, 0.15) is 233 Å². The van der Waals surface area contributed by atoms with Crippen LogP contribution in [0.2, 0.25) is 0 Å². The molecule has 0 N–H and O–H groups in total. The highest BCUT2D eigenvalue weighted by Gasteiger charge is 1.99. The summed E-state index contributed by atoms with van der Waals surface area (Å²) in [4.78, 5) is 22.2. The first-order chi connectivity index (χ1) is 23.6. The molecule has 0 aliphatic heterocycles. The Morgan fingerprint density at radius 2 is 0.521 bits per heavy atom. The second-order valence-corrected chi connectivity index (χ2v) is 13.9. The Morgan fingerprint density at radius 3 is 0.708 bits per heavy atom. The maximum atomic E-state index is 11.1. The second-order valence-electron chi connectivity index (χ2n) is 13.9. The summed E-state index contributed by atoms with van der Waals surface area (Å²) in [5.74, 6) is -0.420. The SMILES string of the molecule is C/C=C/C(=O)OCCCCCCCCCCCCCCCCCC.C/C=C/C(=O)OCCCCCCCCCCCCCCCCCC. The third-order valence-corrected chi connectivity index (χ3v) is 9.09. The largest absolute Gasteiger partial charge is 0.463 e. The van der Waals surface area contributed by atoms with Gasteiger partial charge in [-0.2, -0.15) is 0 Å². The van der Waals surface area contributed by atoms with Crippen molar-refractivity contribution in [2.24, 2.45) is 0 Å². The zero-order valence-electron chi connectivity index (χ0n) is 33.0. The minimum atomic E-state index is -0.210. The lowest BCUT2D eigenvalue weighted by Gasteiger charge is -2.04. The Kier molecular flexibility index (Phi) is 45.9. The minimum absolute atomic E-state index is 0.210. The van der Waals surface area contributed by atoms with E-state index in [2.05, 4.69) is 13.8 Å². The normalized spacial score (nSPS) is 11.2. The number of rotatable bonds is 36. The molecule has 0 saturated carbocycles. The first-order valence-corrected chi connectivity index (χ1v) is 21.2. The molecule has 0 aromatic carbocycles. The van der Waals surface area contributed by atoms with Gasteiger partial charge in [-0.25, -0.2) is 9.59 Å². The zero-order chi connectivity index (χ0) is 35.4. The molecule has 0 aliphatic carbocycles. The molecule has 0 radical (unpaired) electrons.